The predicted molar refractivity (Wildman–Crippen MR) is 103 cm³/mol. The average Bonchev–Trinajstić information content (AvgIpc) is 2.57. The summed E-state index contributed by atoms with van der Waals surface area (Å²) in [7, 11) is -3.56. The van der Waals surface area contributed by atoms with Crippen molar-refractivity contribution in [2.24, 2.45) is 0 Å². The van der Waals surface area contributed by atoms with Crippen LogP contribution in [0.15, 0.2) is 54.6 Å². The van der Waals surface area contributed by atoms with Gasteiger partial charge in [0.1, 0.15) is 5.75 Å². The molecule has 0 fully saturated rings. The fourth-order valence-electron chi connectivity index (χ4n) is 2.47. The van der Waals surface area contributed by atoms with E-state index in [1.165, 1.54) is 0 Å². The second kappa shape index (κ2) is 9.02. The number of sulfone groups is 1. The fraction of sp³-hybridized carbons (Fsp3) is 0.316. The van der Waals surface area contributed by atoms with Crippen molar-refractivity contribution >= 4 is 33.0 Å². The summed E-state index contributed by atoms with van der Waals surface area (Å²) in [5.74, 6) is -1.07. The van der Waals surface area contributed by atoms with E-state index in [0.29, 0.717) is 17.1 Å². The smallest absolute Gasteiger partial charge is 0.242 e. The van der Waals surface area contributed by atoms with E-state index in [0.717, 1.165) is 18.5 Å². The number of halogens is 1. The fourth-order valence-corrected chi connectivity index (χ4v) is 3.93. The third kappa shape index (κ3) is 6.18. The van der Waals surface area contributed by atoms with Gasteiger partial charge in [-0.05, 0) is 36.2 Å². The lowest BCUT2D eigenvalue weighted by Crippen LogP contribution is -2.36. The minimum absolute atomic E-state index is 0.174. The van der Waals surface area contributed by atoms with Crippen LogP contribution in [0.5, 0.6) is 0 Å². The van der Waals surface area contributed by atoms with Gasteiger partial charge in [-0.25, -0.2) is 8.42 Å². The summed E-state index contributed by atoms with van der Waals surface area (Å²) in [6, 6.07) is 15.8. The summed E-state index contributed by atoms with van der Waals surface area (Å²) in [5.41, 5.74) is 1.35. The molecule has 6 heteroatoms. The van der Waals surface area contributed by atoms with Crippen LogP contribution < -0.4 is 4.90 Å². The number of anilines is 1. The lowest BCUT2D eigenvalue weighted by Gasteiger charge is -2.22. The molecule has 0 atom stereocenters. The molecule has 0 aromatic heterocycles. The van der Waals surface area contributed by atoms with Crippen LogP contribution >= 0.6 is 11.6 Å². The Morgan fingerprint density at radius 1 is 1.04 bits per heavy atom. The van der Waals surface area contributed by atoms with Crippen LogP contribution in [-0.2, 0) is 20.4 Å². The highest BCUT2D eigenvalue weighted by molar-refractivity contribution is 7.91. The standard InChI is InChI=1S/C19H22ClNO3S/c1-2-3-13-21(18-7-5-4-6-8-18)19(22)15-25(23,24)14-16-9-11-17(20)12-10-16/h4-12H,2-3,13-15H2,1H3. The zero-order chi connectivity index (χ0) is 18.3. The van der Waals surface area contributed by atoms with Gasteiger partial charge in [-0.1, -0.05) is 55.3 Å². The van der Waals surface area contributed by atoms with Crippen LogP contribution in [0.3, 0.4) is 0 Å². The molecule has 0 aliphatic carbocycles. The summed E-state index contributed by atoms with van der Waals surface area (Å²) in [6.45, 7) is 2.54. The predicted octanol–water partition coefficient (Wildman–Crippen LogP) is 4.09. The molecule has 0 spiro atoms. The normalized spacial score (nSPS) is 11.3. The summed E-state index contributed by atoms with van der Waals surface area (Å²) >= 11 is 5.81. The molecule has 0 aliphatic heterocycles. The molecule has 1 amide bonds. The third-order valence-corrected chi connectivity index (χ3v) is 5.46. The van der Waals surface area contributed by atoms with E-state index in [9.17, 15) is 13.2 Å². The van der Waals surface area contributed by atoms with Crippen molar-refractivity contribution in [1.82, 2.24) is 0 Å². The Bertz CT molecular complexity index is 789. The Hall–Kier alpha value is -1.85. The zero-order valence-electron chi connectivity index (χ0n) is 14.2. The number of carbonyl (C=O) groups is 1. The van der Waals surface area contributed by atoms with Crippen LogP contribution in [-0.4, -0.2) is 26.6 Å². The Kier molecular flexibility index (Phi) is 7.02. The lowest BCUT2D eigenvalue weighted by molar-refractivity contribution is -0.116. The molecule has 0 heterocycles. The first-order valence-corrected chi connectivity index (χ1v) is 10.4. The van der Waals surface area contributed by atoms with Gasteiger partial charge in [0, 0.05) is 17.3 Å². The molecule has 0 saturated heterocycles. The maximum atomic E-state index is 12.6. The van der Waals surface area contributed by atoms with E-state index in [2.05, 4.69) is 0 Å². The van der Waals surface area contributed by atoms with E-state index in [4.69, 9.17) is 11.6 Å². The van der Waals surface area contributed by atoms with Gasteiger partial charge >= 0.3 is 0 Å². The van der Waals surface area contributed by atoms with Crippen LogP contribution in [0.2, 0.25) is 5.02 Å². The quantitative estimate of drug-likeness (QED) is 0.694. The number of unbranched alkanes of at least 4 members (excludes halogenated alkanes) is 1. The van der Waals surface area contributed by atoms with Crippen LogP contribution in [0.1, 0.15) is 25.3 Å². The van der Waals surface area contributed by atoms with Crippen LogP contribution in [0.4, 0.5) is 5.69 Å². The van der Waals surface area contributed by atoms with Gasteiger partial charge in [0.05, 0.1) is 5.75 Å². The van der Waals surface area contributed by atoms with Crippen molar-refractivity contribution in [2.75, 3.05) is 17.2 Å². The zero-order valence-corrected chi connectivity index (χ0v) is 15.8. The van der Waals surface area contributed by atoms with Crippen molar-refractivity contribution in [2.45, 2.75) is 25.5 Å². The maximum Gasteiger partial charge on any atom is 0.242 e. The average molecular weight is 380 g/mol. The Morgan fingerprint density at radius 2 is 1.68 bits per heavy atom. The van der Waals surface area contributed by atoms with E-state index in [1.54, 1.807) is 29.2 Å². The molecule has 0 N–H and O–H groups in total. The number of rotatable bonds is 8. The van der Waals surface area contributed by atoms with Crippen LogP contribution in [0.25, 0.3) is 0 Å². The summed E-state index contributed by atoms with van der Waals surface area (Å²) in [4.78, 5) is 14.2. The summed E-state index contributed by atoms with van der Waals surface area (Å²) in [6.07, 6.45) is 1.74. The van der Waals surface area contributed by atoms with E-state index in [-0.39, 0.29) is 5.75 Å². The molecule has 0 bridgehead atoms. The van der Waals surface area contributed by atoms with Gasteiger partial charge in [0.25, 0.3) is 0 Å². The van der Waals surface area contributed by atoms with Crippen LogP contribution in [0, 0.1) is 0 Å². The van der Waals surface area contributed by atoms with Crippen molar-refractivity contribution in [3.63, 3.8) is 0 Å². The molecule has 2 rings (SSSR count). The molecule has 2 aromatic carbocycles. The number of hydrogen-bond acceptors (Lipinski definition) is 3. The highest BCUT2D eigenvalue weighted by atomic mass is 35.5. The molecule has 0 saturated carbocycles. The Balaban J connectivity index is 2.11. The molecule has 134 valence electrons. The first kappa shape index (κ1) is 19.5. The highest BCUT2D eigenvalue weighted by Crippen LogP contribution is 2.17. The van der Waals surface area contributed by atoms with E-state index < -0.39 is 21.5 Å². The first-order valence-electron chi connectivity index (χ1n) is 8.21. The SMILES string of the molecule is CCCCN(C(=O)CS(=O)(=O)Cc1ccc(Cl)cc1)c1ccccc1. The number of hydrogen-bond donors (Lipinski definition) is 0. The monoisotopic (exact) mass is 379 g/mol. The molecule has 4 nitrogen and oxygen atoms in total. The maximum absolute atomic E-state index is 12.6. The second-order valence-corrected chi connectivity index (χ2v) is 8.39. The second-order valence-electron chi connectivity index (χ2n) is 5.89. The lowest BCUT2D eigenvalue weighted by atomic mass is 10.2. The number of para-hydroxylation sites is 1. The molecule has 0 unspecified atom stereocenters. The van der Waals surface area contributed by atoms with Gasteiger partial charge < -0.3 is 4.90 Å². The van der Waals surface area contributed by atoms with Crippen molar-refractivity contribution < 1.29 is 13.2 Å². The minimum atomic E-state index is -3.56. The largest absolute Gasteiger partial charge is 0.312 e. The Labute approximate surface area is 154 Å². The van der Waals surface area contributed by atoms with Gasteiger partial charge in [0.2, 0.25) is 5.91 Å². The van der Waals surface area contributed by atoms with Gasteiger partial charge in [-0.3, -0.25) is 4.79 Å². The van der Waals surface area contributed by atoms with Crippen molar-refractivity contribution in [1.29, 1.82) is 0 Å². The summed E-state index contributed by atoms with van der Waals surface area (Å²) < 4.78 is 24.8. The van der Waals surface area contributed by atoms with Crippen molar-refractivity contribution in [3.05, 3.63) is 65.2 Å². The number of amides is 1. The molecular weight excluding hydrogens is 358 g/mol. The Morgan fingerprint density at radius 3 is 2.28 bits per heavy atom. The van der Waals surface area contributed by atoms with Gasteiger partial charge in [-0.15, -0.1) is 0 Å². The highest BCUT2D eigenvalue weighted by Gasteiger charge is 2.23. The molecule has 25 heavy (non-hydrogen) atoms. The van der Waals surface area contributed by atoms with E-state index >= 15 is 0 Å². The first-order chi connectivity index (χ1) is 11.9. The minimum Gasteiger partial charge on any atom is -0.312 e. The van der Waals surface area contributed by atoms with Gasteiger partial charge in [0.15, 0.2) is 9.84 Å². The number of carbonyl (C=O) groups excluding carboxylic acids is 1. The van der Waals surface area contributed by atoms with E-state index in [1.807, 2.05) is 37.3 Å². The summed E-state index contributed by atoms with van der Waals surface area (Å²) in [5, 5.41) is 0.548. The third-order valence-electron chi connectivity index (χ3n) is 3.75. The number of benzene rings is 2. The topological polar surface area (TPSA) is 54.5 Å². The van der Waals surface area contributed by atoms with Gasteiger partial charge in [-0.2, -0.15) is 0 Å². The number of nitrogens with zero attached hydrogens (tertiary/aromatic N) is 1. The molecule has 0 aliphatic rings. The molecular formula is C19H22ClNO3S. The van der Waals surface area contributed by atoms with Crippen molar-refractivity contribution in [3.8, 4) is 0 Å². The molecule has 2 aromatic rings. The molecule has 0 radical (unpaired) electrons.